The van der Waals surface area contributed by atoms with Gasteiger partial charge in [0, 0.05) is 0 Å². The molecule has 0 bridgehead atoms. The number of tetrazole rings is 1. The molecule has 0 saturated heterocycles. The van der Waals surface area contributed by atoms with Gasteiger partial charge in [-0.3, -0.25) is 0 Å². The Labute approximate surface area is 116 Å². The van der Waals surface area contributed by atoms with E-state index in [0.717, 1.165) is 18.8 Å². The minimum atomic E-state index is 0.227. The van der Waals surface area contributed by atoms with E-state index in [-0.39, 0.29) is 6.04 Å². The minimum Gasteiger partial charge on any atom is -0.307 e. The van der Waals surface area contributed by atoms with Gasteiger partial charge in [-0.05, 0) is 61.4 Å². The van der Waals surface area contributed by atoms with Gasteiger partial charge in [-0.1, -0.05) is 20.8 Å². The molecular weight excluding hydrogens is 238 g/mol. The summed E-state index contributed by atoms with van der Waals surface area (Å²) < 4.78 is 2.06. The van der Waals surface area contributed by atoms with Gasteiger partial charge in [-0.25, -0.2) is 4.68 Å². The molecule has 1 unspecified atom stereocenters. The third-order valence-corrected chi connectivity index (χ3v) is 4.26. The Morgan fingerprint density at radius 3 is 2.68 bits per heavy atom. The van der Waals surface area contributed by atoms with E-state index < -0.39 is 0 Å². The lowest BCUT2D eigenvalue weighted by atomic mass is 9.75. The van der Waals surface area contributed by atoms with E-state index >= 15 is 0 Å². The van der Waals surface area contributed by atoms with Gasteiger partial charge in [-0.15, -0.1) is 5.10 Å². The summed E-state index contributed by atoms with van der Waals surface area (Å²) in [5.41, 5.74) is 0.483. The normalized spacial score (nSPS) is 21.5. The average molecular weight is 265 g/mol. The van der Waals surface area contributed by atoms with Crippen LogP contribution in [0, 0.1) is 5.41 Å². The molecule has 0 aliphatic heterocycles. The van der Waals surface area contributed by atoms with Crippen LogP contribution in [0.3, 0.4) is 0 Å². The molecule has 1 fully saturated rings. The zero-order valence-corrected chi connectivity index (χ0v) is 12.7. The van der Waals surface area contributed by atoms with Crippen LogP contribution in [0.4, 0.5) is 0 Å². The Bertz CT molecular complexity index is 388. The molecule has 1 aromatic heterocycles. The average Bonchev–Trinajstić information content (AvgIpc) is 2.85. The number of hydrogen-bond donors (Lipinski definition) is 1. The van der Waals surface area contributed by atoms with Gasteiger partial charge in [0.2, 0.25) is 0 Å². The summed E-state index contributed by atoms with van der Waals surface area (Å²) in [6.07, 6.45) is 6.02. The molecular formula is C14H27N5. The van der Waals surface area contributed by atoms with Crippen molar-refractivity contribution in [3.05, 3.63) is 5.82 Å². The molecule has 0 aromatic carbocycles. The van der Waals surface area contributed by atoms with Crippen LogP contribution in [0.2, 0.25) is 0 Å². The first-order valence-electron chi connectivity index (χ1n) is 7.54. The van der Waals surface area contributed by atoms with Crippen LogP contribution >= 0.6 is 0 Å². The Morgan fingerprint density at radius 2 is 2.05 bits per heavy atom. The Hall–Kier alpha value is -0.970. The van der Waals surface area contributed by atoms with Crippen molar-refractivity contribution in [2.75, 3.05) is 6.54 Å². The van der Waals surface area contributed by atoms with E-state index in [2.05, 4.69) is 53.2 Å². The van der Waals surface area contributed by atoms with E-state index in [1.54, 1.807) is 0 Å². The number of hydrogen-bond acceptors (Lipinski definition) is 4. The van der Waals surface area contributed by atoms with Crippen LogP contribution in [-0.2, 0) is 0 Å². The molecule has 1 aliphatic rings. The molecule has 108 valence electrons. The molecule has 0 amide bonds. The van der Waals surface area contributed by atoms with E-state index in [1.165, 1.54) is 25.7 Å². The lowest BCUT2D eigenvalue weighted by molar-refractivity contribution is 0.180. The summed E-state index contributed by atoms with van der Waals surface area (Å²) in [7, 11) is 0. The molecule has 1 N–H and O–H groups in total. The van der Waals surface area contributed by atoms with Crippen molar-refractivity contribution in [3.63, 3.8) is 0 Å². The fourth-order valence-electron chi connectivity index (χ4n) is 2.83. The molecule has 0 radical (unpaired) electrons. The fraction of sp³-hybridized carbons (Fsp3) is 0.929. The smallest absolute Gasteiger partial charge is 0.168 e. The highest BCUT2D eigenvalue weighted by atomic mass is 15.6. The van der Waals surface area contributed by atoms with E-state index in [1.807, 2.05) is 0 Å². The summed E-state index contributed by atoms with van der Waals surface area (Å²) in [5, 5.41) is 15.8. The van der Waals surface area contributed by atoms with Crippen molar-refractivity contribution in [1.82, 2.24) is 25.5 Å². The lowest BCUT2D eigenvalue weighted by Gasteiger charge is -2.34. The second kappa shape index (κ2) is 5.99. The van der Waals surface area contributed by atoms with Gasteiger partial charge in [-0.2, -0.15) is 0 Å². The highest BCUT2D eigenvalue weighted by Crippen LogP contribution is 2.40. The van der Waals surface area contributed by atoms with Crippen LogP contribution < -0.4 is 5.32 Å². The Kier molecular flexibility index (Phi) is 4.55. The molecule has 1 saturated carbocycles. The molecule has 0 spiro atoms. The highest BCUT2D eigenvalue weighted by Gasteiger charge is 2.30. The van der Waals surface area contributed by atoms with Crippen molar-refractivity contribution >= 4 is 0 Å². The third-order valence-electron chi connectivity index (χ3n) is 4.26. The molecule has 1 aromatic rings. The summed E-state index contributed by atoms with van der Waals surface area (Å²) in [4.78, 5) is 0. The van der Waals surface area contributed by atoms with Gasteiger partial charge in [0.05, 0.1) is 12.1 Å². The standard InChI is InChI=1S/C14H27N5/c1-5-10-15-11(2)13-16-17-18-19(13)12-6-8-14(3,4)9-7-12/h11-12,15H,5-10H2,1-4H3. The van der Waals surface area contributed by atoms with Crippen LogP contribution in [0.1, 0.15) is 77.7 Å². The first-order valence-corrected chi connectivity index (χ1v) is 7.54. The maximum absolute atomic E-state index is 4.23. The highest BCUT2D eigenvalue weighted by molar-refractivity contribution is 4.93. The van der Waals surface area contributed by atoms with Crippen molar-refractivity contribution in [2.24, 2.45) is 5.41 Å². The fourth-order valence-corrected chi connectivity index (χ4v) is 2.83. The molecule has 2 rings (SSSR count). The first kappa shape index (κ1) is 14.4. The monoisotopic (exact) mass is 265 g/mol. The first-order chi connectivity index (χ1) is 9.03. The van der Waals surface area contributed by atoms with Crippen LogP contribution in [-0.4, -0.2) is 26.8 Å². The topological polar surface area (TPSA) is 55.6 Å². The number of nitrogens with one attached hydrogen (secondary N) is 1. The molecule has 1 aliphatic carbocycles. The van der Waals surface area contributed by atoms with Gasteiger partial charge >= 0.3 is 0 Å². The molecule has 5 heteroatoms. The summed E-state index contributed by atoms with van der Waals surface area (Å²) in [6.45, 7) is 10.0. The molecule has 1 heterocycles. The van der Waals surface area contributed by atoms with Gasteiger partial charge < -0.3 is 5.32 Å². The SMILES string of the molecule is CCCNC(C)c1nnnn1C1CCC(C)(C)CC1. The predicted molar refractivity (Wildman–Crippen MR) is 75.8 cm³/mol. The summed E-state index contributed by atoms with van der Waals surface area (Å²) in [5.74, 6) is 0.984. The largest absolute Gasteiger partial charge is 0.307 e. The number of aromatic nitrogens is 4. The van der Waals surface area contributed by atoms with Gasteiger partial charge in [0.15, 0.2) is 5.82 Å². The van der Waals surface area contributed by atoms with Gasteiger partial charge in [0.25, 0.3) is 0 Å². The zero-order chi connectivity index (χ0) is 13.9. The summed E-state index contributed by atoms with van der Waals surface area (Å²) in [6, 6.07) is 0.703. The summed E-state index contributed by atoms with van der Waals surface area (Å²) >= 11 is 0. The Balaban J connectivity index is 2.03. The second-order valence-corrected chi connectivity index (χ2v) is 6.55. The number of nitrogens with zero attached hydrogens (tertiary/aromatic N) is 4. The van der Waals surface area contributed by atoms with E-state index in [9.17, 15) is 0 Å². The number of rotatable bonds is 5. The van der Waals surface area contributed by atoms with Crippen LogP contribution in [0.25, 0.3) is 0 Å². The van der Waals surface area contributed by atoms with Crippen LogP contribution in [0.5, 0.6) is 0 Å². The molecule has 1 atom stereocenters. The van der Waals surface area contributed by atoms with Crippen molar-refractivity contribution in [3.8, 4) is 0 Å². The predicted octanol–water partition coefficient (Wildman–Crippen LogP) is 2.88. The second-order valence-electron chi connectivity index (χ2n) is 6.55. The minimum absolute atomic E-state index is 0.227. The maximum Gasteiger partial charge on any atom is 0.168 e. The third kappa shape index (κ3) is 3.53. The van der Waals surface area contributed by atoms with Crippen molar-refractivity contribution in [1.29, 1.82) is 0 Å². The van der Waals surface area contributed by atoms with E-state index in [0.29, 0.717) is 11.5 Å². The van der Waals surface area contributed by atoms with E-state index in [4.69, 9.17) is 0 Å². The van der Waals surface area contributed by atoms with Gasteiger partial charge in [0.1, 0.15) is 0 Å². The zero-order valence-electron chi connectivity index (χ0n) is 12.7. The maximum atomic E-state index is 4.23. The Morgan fingerprint density at radius 1 is 1.37 bits per heavy atom. The quantitative estimate of drug-likeness (QED) is 0.889. The lowest BCUT2D eigenvalue weighted by Crippen LogP contribution is -2.28. The van der Waals surface area contributed by atoms with Crippen LogP contribution in [0.15, 0.2) is 0 Å². The molecule has 19 heavy (non-hydrogen) atoms. The molecule has 5 nitrogen and oxygen atoms in total. The van der Waals surface area contributed by atoms with Crippen molar-refractivity contribution < 1.29 is 0 Å². The van der Waals surface area contributed by atoms with Crippen molar-refractivity contribution in [2.45, 2.75) is 71.9 Å².